The molecule has 0 spiro atoms. The summed E-state index contributed by atoms with van der Waals surface area (Å²) in [6.45, 7) is 18.0. The van der Waals surface area contributed by atoms with Gasteiger partial charge in [-0.3, -0.25) is 0 Å². The van der Waals surface area contributed by atoms with Gasteiger partial charge in [0.2, 0.25) is 0 Å². The number of rotatable bonds is 7. The summed E-state index contributed by atoms with van der Waals surface area (Å²) < 4.78 is 4.93. The van der Waals surface area contributed by atoms with E-state index in [4.69, 9.17) is 20.7 Å². The van der Waals surface area contributed by atoms with Gasteiger partial charge in [-0.1, -0.05) is 0 Å². The summed E-state index contributed by atoms with van der Waals surface area (Å²) in [5.41, 5.74) is 8.43. The number of hydrogen-bond acceptors (Lipinski definition) is 1. The number of aromatic nitrogens is 3. The van der Waals surface area contributed by atoms with E-state index in [2.05, 4.69) is 121 Å². The van der Waals surface area contributed by atoms with Crippen molar-refractivity contribution in [2.45, 2.75) is 79.1 Å². The molecule has 4 heteroatoms. The zero-order valence-corrected chi connectivity index (χ0v) is 23.7. The monoisotopic (exact) mass is 528 g/mol. The van der Waals surface area contributed by atoms with Gasteiger partial charge in [0.15, 0.2) is 0 Å². The van der Waals surface area contributed by atoms with Gasteiger partial charge in [-0.15, -0.1) is 0 Å². The van der Waals surface area contributed by atoms with E-state index < -0.39 is 0 Å². The zero-order valence-electron chi connectivity index (χ0n) is 22.8. The topological polar surface area (TPSA) is 22.8 Å². The van der Waals surface area contributed by atoms with Crippen LogP contribution in [0, 0.1) is 4.32 Å². The summed E-state index contributed by atoms with van der Waals surface area (Å²) in [7, 11) is 0. The maximum atomic E-state index is 6.53. The van der Waals surface area contributed by atoms with Crippen molar-refractivity contribution in [1.29, 1.82) is 0 Å². The second kappa shape index (κ2) is 10.7. The second-order valence-corrected chi connectivity index (χ2v) is 11.3. The molecule has 3 aromatic carbocycles. The summed E-state index contributed by atoms with van der Waals surface area (Å²) in [4.78, 5) is 0. The van der Waals surface area contributed by atoms with Crippen LogP contribution in [0.2, 0.25) is 0 Å². The first-order valence-electron chi connectivity index (χ1n) is 13.1. The Kier molecular flexibility index (Phi) is 7.87. The third-order valence-electron chi connectivity index (χ3n) is 6.88. The molecule has 0 aliphatic carbocycles. The van der Waals surface area contributed by atoms with E-state index in [1.807, 2.05) is 10.7 Å². The first-order valence-corrected chi connectivity index (χ1v) is 13.6. The van der Waals surface area contributed by atoms with Crippen LogP contribution in [-0.4, -0.2) is 14.3 Å². The number of hydrogen-bond donors (Lipinski definition) is 0. The Labute approximate surface area is 224 Å². The Morgan fingerprint density at radius 2 is 0.972 bits per heavy atom. The SMILES string of the molecule is CC(C)c1cccc(C(C)C)c1-n1nc(-c2ccccc2)n(-c2c(C(C)C)cccc2C(C)C)[c]1=[Cu]. The quantitative estimate of drug-likeness (QED) is 0.219. The van der Waals surface area contributed by atoms with Gasteiger partial charge >= 0.3 is 225 Å². The van der Waals surface area contributed by atoms with Gasteiger partial charge in [-0.05, 0) is 0 Å². The predicted octanol–water partition coefficient (Wildman–Crippen LogP) is 8.90. The van der Waals surface area contributed by atoms with Crippen molar-refractivity contribution < 1.29 is 15.6 Å². The van der Waals surface area contributed by atoms with Crippen LogP contribution in [-0.2, 0) is 15.6 Å². The van der Waals surface area contributed by atoms with Crippen molar-refractivity contribution in [2.75, 3.05) is 0 Å². The molecule has 1 heterocycles. The fourth-order valence-electron chi connectivity index (χ4n) is 4.97. The summed E-state index contributed by atoms with van der Waals surface area (Å²) in [6, 6.07) is 23.7. The number of nitrogens with zero attached hydrogens (tertiary/aromatic N) is 3. The maximum absolute atomic E-state index is 6.53. The van der Waals surface area contributed by atoms with Crippen LogP contribution in [0.5, 0.6) is 0 Å². The van der Waals surface area contributed by atoms with Gasteiger partial charge < -0.3 is 0 Å². The molecular weight excluding hydrogens is 490 g/mol. The third kappa shape index (κ3) is 4.82. The normalized spacial score (nSPS) is 11.9. The molecule has 0 radical (unpaired) electrons. The molecule has 1 aromatic heterocycles. The van der Waals surface area contributed by atoms with Crippen molar-refractivity contribution in [3.8, 4) is 22.8 Å². The van der Waals surface area contributed by atoms with Crippen LogP contribution in [0.4, 0.5) is 0 Å². The van der Waals surface area contributed by atoms with Crippen LogP contribution in [0.1, 0.15) is 101 Å². The molecule has 0 fully saturated rings. The van der Waals surface area contributed by atoms with Gasteiger partial charge in [0.25, 0.3) is 0 Å². The van der Waals surface area contributed by atoms with Gasteiger partial charge in [0.05, 0.1) is 0 Å². The average molecular weight is 529 g/mol. The van der Waals surface area contributed by atoms with Gasteiger partial charge in [0.1, 0.15) is 0 Å². The standard InChI is InChI=1S/C32H39N3.Cu/c1-21(2)26-16-12-17-27(22(3)4)30(26)34-20-35(33-32(34)25-14-10-9-11-15-25)31-28(23(5)6)18-13-19-29(31)24(7)8;/h9-19,21-24H,1-8H3;. The Morgan fingerprint density at radius 3 is 1.39 bits per heavy atom. The van der Waals surface area contributed by atoms with Crippen LogP contribution >= 0.6 is 0 Å². The number of para-hydroxylation sites is 2. The molecule has 0 N–H and O–H groups in total. The second-order valence-electron chi connectivity index (χ2n) is 10.9. The van der Waals surface area contributed by atoms with E-state index in [0.717, 1.165) is 17.1 Å². The van der Waals surface area contributed by atoms with Crippen LogP contribution in [0.25, 0.3) is 22.8 Å². The first-order chi connectivity index (χ1) is 17.1. The molecule has 0 aliphatic heterocycles. The molecule has 0 bridgehead atoms. The van der Waals surface area contributed by atoms with E-state index in [0.29, 0.717) is 28.0 Å². The average Bonchev–Trinajstić information content (AvgIpc) is 3.19. The zero-order chi connectivity index (χ0) is 26.1. The Balaban J connectivity index is 2.18. The first kappa shape index (κ1) is 26.4. The summed E-state index contributed by atoms with van der Waals surface area (Å²) >= 11 is 6.53. The van der Waals surface area contributed by atoms with E-state index >= 15 is 0 Å². The molecule has 0 unspecified atom stereocenters. The van der Waals surface area contributed by atoms with Crippen molar-refractivity contribution in [3.05, 3.63) is 93.3 Å². The van der Waals surface area contributed by atoms with E-state index in [-0.39, 0.29) is 0 Å². The molecule has 36 heavy (non-hydrogen) atoms. The Bertz CT molecular complexity index is 1350. The summed E-state index contributed by atoms with van der Waals surface area (Å²) in [5.74, 6) is 2.26. The molecule has 0 saturated carbocycles. The minimum atomic E-state index is 0.345. The molecule has 0 saturated heterocycles. The van der Waals surface area contributed by atoms with Crippen LogP contribution in [0.15, 0.2) is 66.7 Å². The van der Waals surface area contributed by atoms with Crippen molar-refractivity contribution in [1.82, 2.24) is 14.3 Å². The molecule has 4 aromatic rings. The number of benzene rings is 3. The fourth-order valence-corrected chi connectivity index (χ4v) is 5.33. The van der Waals surface area contributed by atoms with E-state index in [9.17, 15) is 0 Å². The molecule has 0 amide bonds. The van der Waals surface area contributed by atoms with Gasteiger partial charge in [0, 0.05) is 0 Å². The van der Waals surface area contributed by atoms with Crippen LogP contribution in [0.3, 0.4) is 0 Å². The molecular formula is C32H39CuN3. The summed E-state index contributed by atoms with van der Waals surface area (Å²) in [5, 5.41) is 5.28. The predicted molar refractivity (Wildman–Crippen MR) is 148 cm³/mol. The fraction of sp³-hybridized carbons (Fsp3) is 0.375. The molecule has 4 rings (SSSR count). The third-order valence-corrected chi connectivity index (χ3v) is 7.29. The molecule has 0 aliphatic rings. The van der Waals surface area contributed by atoms with E-state index in [1.54, 1.807) is 0 Å². The Hall–Kier alpha value is -2.68. The van der Waals surface area contributed by atoms with Crippen molar-refractivity contribution >= 4 is 0 Å². The Morgan fingerprint density at radius 1 is 0.556 bits per heavy atom. The van der Waals surface area contributed by atoms with Crippen LogP contribution < -0.4 is 0 Å². The van der Waals surface area contributed by atoms with Gasteiger partial charge in [-0.25, -0.2) is 0 Å². The van der Waals surface area contributed by atoms with Crippen molar-refractivity contribution in [2.24, 2.45) is 0 Å². The molecule has 3 nitrogen and oxygen atoms in total. The summed E-state index contributed by atoms with van der Waals surface area (Å²) in [6.07, 6.45) is 0. The van der Waals surface area contributed by atoms with E-state index in [1.165, 1.54) is 27.9 Å². The molecule has 0 atom stereocenters. The minimum absolute atomic E-state index is 0.345. The van der Waals surface area contributed by atoms with Crippen molar-refractivity contribution in [3.63, 3.8) is 0 Å². The van der Waals surface area contributed by atoms with Gasteiger partial charge in [-0.2, -0.15) is 0 Å². The molecule has 193 valence electrons.